The molecule has 0 saturated heterocycles. The molecule has 0 aliphatic carbocycles. The van der Waals surface area contributed by atoms with E-state index in [0.29, 0.717) is 5.82 Å². The van der Waals surface area contributed by atoms with Gasteiger partial charge in [-0.2, -0.15) is 0 Å². The highest BCUT2D eigenvalue weighted by Gasteiger charge is 2.11. The maximum Gasteiger partial charge on any atom is 0.309 e. The van der Waals surface area contributed by atoms with E-state index in [0.717, 1.165) is 0 Å². The van der Waals surface area contributed by atoms with E-state index in [-0.39, 0.29) is 23.0 Å². The molecule has 0 amide bonds. The molecule has 6 heteroatoms. The SMILES string of the molecule is Cc1nc(N)c(Cl)c(CC(=O)O)n1. The molecule has 0 bridgehead atoms. The van der Waals surface area contributed by atoms with Crippen molar-refractivity contribution in [3.05, 3.63) is 16.5 Å². The topological polar surface area (TPSA) is 89.1 Å². The first-order valence-electron chi connectivity index (χ1n) is 3.51. The lowest BCUT2D eigenvalue weighted by Crippen LogP contribution is -2.07. The Morgan fingerprint density at radius 2 is 2.23 bits per heavy atom. The summed E-state index contributed by atoms with van der Waals surface area (Å²) < 4.78 is 0. The Balaban J connectivity index is 3.12. The minimum Gasteiger partial charge on any atom is -0.481 e. The number of halogens is 1. The van der Waals surface area contributed by atoms with Crippen molar-refractivity contribution in [1.29, 1.82) is 0 Å². The third-order valence-electron chi connectivity index (χ3n) is 1.38. The highest BCUT2D eigenvalue weighted by atomic mass is 35.5. The van der Waals surface area contributed by atoms with E-state index >= 15 is 0 Å². The van der Waals surface area contributed by atoms with E-state index in [2.05, 4.69) is 9.97 Å². The molecule has 0 aromatic carbocycles. The maximum atomic E-state index is 10.4. The normalized spacial score (nSPS) is 10.0. The molecule has 0 unspecified atom stereocenters. The summed E-state index contributed by atoms with van der Waals surface area (Å²) in [4.78, 5) is 18.0. The van der Waals surface area contributed by atoms with Crippen LogP contribution in [0.3, 0.4) is 0 Å². The second-order valence-electron chi connectivity index (χ2n) is 2.49. The molecule has 0 aliphatic rings. The van der Waals surface area contributed by atoms with Gasteiger partial charge in [0.25, 0.3) is 0 Å². The number of aryl methyl sites for hydroxylation is 1. The number of aliphatic carboxylic acids is 1. The number of aromatic nitrogens is 2. The number of carboxylic acid groups (broad SMARTS) is 1. The van der Waals surface area contributed by atoms with Crippen LogP contribution < -0.4 is 5.73 Å². The first-order valence-corrected chi connectivity index (χ1v) is 3.88. The molecule has 13 heavy (non-hydrogen) atoms. The second kappa shape index (κ2) is 3.57. The highest BCUT2D eigenvalue weighted by Crippen LogP contribution is 2.20. The van der Waals surface area contributed by atoms with Gasteiger partial charge in [0.15, 0.2) is 0 Å². The van der Waals surface area contributed by atoms with Gasteiger partial charge in [0.1, 0.15) is 16.7 Å². The Morgan fingerprint density at radius 3 is 2.77 bits per heavy atom. The van der Waals surface area contributed by atoms with E-state index in [1.54, 1.807) is 6.92 Å². The molecular weight excluding hydrogens is 194 g/mol. The van der Waals surface area contributed by atoms with Gasteiger partial charge >= 0.3 is 5.97 Å². The Hall–Kier alpha value is -1.36. The van der Waals surface area contributed by atoms with Crippen LogP contribution in [-0.4, -0.2) is 21.0 Å². The Labute approximate surface area is 79.6 Å². The number of hydrogen-bond donors (Lipinski definition) is 2. The molecule has 3 N–H and O–H groups in total. The number of nitrogens with two attached hydrogens (primary N) is 1. The molecule has 1 heterocycles. The van der Waals surface area contributed by atoms with E-state index in [1.807, 2.05) is 0 Å². The summed E-state index contributed by atoms with van der Waals surface area (Å²) >= 11 is 5.70. The van der Waals surface area contributed by atoms with E-state index in [1.165, 1.54) is 0 Å². The van der Waals surface area contributed by atoms with Gasteiger partial charge < -0.3 is 10.8 Å². The van der Waals surface area contributed by atoms with Gasteiger partial charge in [-0.3, -0.25) is 4.79 Å². The van der Waals surface area contributed by atoms with Crippen molar-refractivity contribution in [3.63, 3.8) is 0 Å². The Kier molecular flexibility index (Phi) is 2.67. The van der Waals surface area contributed by atoms with Gasteiger partial charge in [-0.1, -0.05) is 11.6 Å². The number of nitrogen functional groups attached to an aromatic ring is 1. The summed E-state index contributed by atoms with van der Waals surface area (Å²) in [5, 5.41) is 8.63. The predicted molar refractivity (Wildman–Crippen MR) is 47.5 cm³/mol. The monoisotopic (exact) mass is 201 g/mol. The lowest BCUT2D eigenvalue weighted by atomic mass is 10.3. The van der Waals surface area contributed by atoms with Crippen LogP contribution in [0.15, 0.2) is 0 Å². The molecule has 1 aromatic heterocycles. The molecule has 1 aromatic rings. The van der Waals surface area contributed by atoms with E-state index < -0.39 is 5.97 Å². The van der Waals surface area contributed by atoms with Crippen LogP contribution in [0.5, 0.6) is 0 Å². The van der Waals surface area contributed by atoms with Crippen molar-refractivity contribution in [2.24, 2.45) is 0 Å². The third kappa shape index (κ3) is 2.29. The van der Waals surface area contributed by atoms with Crippen molar-refractivity contribution in [3.8, 4) is 0 Å². The van der Waals surface area contributed by atoms with Crippen molar-refractivity contribution < 1.29 is 9.90 Å². The van der Waals surface area contributed by atoms with Crippen molar-refractivity contribution >= 4 is 23.4 Å². The second-order valence-corrected chi connectivity index (χ2v) is 2.87. The fourth-order valence-electron chi connectivity index (χ4n) is 0.901. The smallest absolute Gasteiger partial charge is 0.309 e. The minimum atomic E-state index is -1.00. The largest absolute Gasteiger partial charge is 0.481 e. The van der Waals surface area contributed by atoms with Crippen molar-refractivity contribution in [2.75, 3.05) is 5.73 Å². The summed E-state index contributed by atoms with van der Waals surface area (Å²) in [6.07, 6.45) is -0.244. The first-order chi connectivity index (χ1) is 6.00. The summed E-state index contributed by atoms with van der Waals surface area (Å²) in [5.74, 6) is -0.469. The number of carboxylic acids is 1. The molecule has 1 rings (SSSR count). The Morgan fingerprint density at radius 1 is 1.62 bits per heavy atom. The Bertz CT molecular complexity index is 354. The third-order valence-corrected chi connectivity index (χ3v) is 1.79. The van der Waals surface area contributed by atoms with E-state index in [9.17, 15) is 4.79 Å². The molecule has 0 radical (unpaired) electrons. The van der Waals surface area contributed by atoms with Gasteiger partial charge in [0.2, 0.25) is 0 Å². The number of rotatable bonds is 2. The summed E-state index contributed by atoms with van der Waals surface area (Å²) in [6, 6.07) is 0. The molecule has 70 valence electrons. The maximum absolute atomic E-state index is 10.4. The average Bonchev–Trinajstić information content (AvgIpc) is 1.98. The van der Waals surface area contributed by atoms with Crippen molar-refractivity contribution in [2.45, 2.75) is 13.3 Å². The predicted octanol–water partition coefficient (Wildman–Crippen LogP) is 0.648. The van der Waals surface area contributed by atoms with Crippen LogP contribution in [0.2, 0.25) is 5.02 Å². The summed E-state index contributed by atoms with van der Waals surface area (Å²) in [7, 11) is 0. The van der Waals surface area contributed by atoms with Crippen LogP contribution >= 0.6 is 11.6 Å². The van der Waals surface area contributed by atoms with Gasteiger partial charge in [-0.05, 0) is 6.92 Å². The van der Waals surface area contributed by atoms with Crippen LogP contribution in [0, 0.1) is 6.92 Å². The fraction of sp³-hybridized carbons (Fsp3) is 0.286. The van der Waals surface area contributed by atoms with Gasteiger partial charge in [0, 0.05) is 0 Å². The van der Waals surface area contributed by atoms with Crippen molar-refractivity contribution in [1.82, 2.24) is 9.97 Å². The molecule has 0 atom stereocenters. The molecule has 0 spiro atoms. The fourth-order valence-corrected chi connectivity index (χ4v) is 1.05. The molecule has 0 fully saturated rings. The minimum absolute atomic E-state index is 0.116. The quantitative estimate of drug-likeness (QED) is 0.733. The number of carbonyl (C=O) groups is 1. The van der Waals surface area contributed by atoms with Gasteiger partial charge in [-0.25, -0.2) is 9.97 Å². The molecular formula is C7H8ClN3O2. The number of nitrogens with zero attached hydrogens (tertiary/aromatic N) is 2. The number of hydrogen-bond acceptors (Lipinski definition) is 4. The lowest BCUT2D eigenvalue weighted by molar-refractivity contribution is -0.136. The molecule has 0 aliphatic heterocycles. The average molecular weight is 202 g/mol. The summed E-state index contributed by atoms with van der Waals surface area (Å²) in [5.41, 5.74) is 5.67. The van der Waals surface area contributed by atoms with Crippen LogP contribution in [-0.2, 0) is 11.2 Å². The van der Waals surface area contributed by atoms with Crippen LogP contribution in [0.25, 0.3) is 0 Å². The molecule has 0 saturated carbocycles. The zero-order valence-electron chi connectivity index (χ0n) is 6.91. The van der Waals surface area contributed by atoms with Crippen LogP contribution in [0.1, 0.15) is 11.5 Å². The first kappa shape index (κ1) is 9.73. The van der Waals surface area contributed by atoms with Gasteiger partial charge in [0.05, 0.1) is 12.1 Å². The summed E-state index contributed by atoms with van der Waals surface area (Å²) in [6.45, 7) is 1.62. The van der Waals surface area contributed by atoms with Crippen LogP contribution in [0.4, 0.5) is 5.82 Å². The lowest BCUT2D eigenvalue weighted by Gasteiger charge is -2.03. The standard InChI is InChI=1S/C7H8ClN3O2/c1-3-10-4(2-5(12)13)6(8)7(9)11-3/h2H2,1H3,(H,12,13)(H2,9,10,11). The molecule has 5 nitrogen and oxygen atoms in total. The highest BCUT2D eigenvalue weighted by molar-refractivity contribution is 6.33. The van der Waals surface area contributed by atoms with Gasteiger partial charge in [-0.15, -0.1) is 0 Å². The zero-order chi connectivity index (χ0) is 10.0. The zero-order valence-corrected chi connectivity index (χ0v) is 7.67. The van der Waals surface area contributed by atoms with E-state index in [4.69, 9.17) is 22.4 Å². The number of anilines is 1.